The lowest BCUT2D eigenvalue weighted by molar-refractivity contribution is 0.495. The predicted octanol–water partition coefficient (Wildman–Crippen LogP) is 2.84. The van der Waals surface area contributed by atoms with E-state index in [4.69, 9.17) is 17.4 Å². The molecule has 0 amide bonds. The quantitative estimate of drug-likeness (QED) is 0.663. The average Bonchev–Trinajstić information content (AvgIpc) is 2.37. The fraction of sp³-hybridized carbons (Fsp3) is 0.533. The van der Waals surface area contributed by atoms with Gasteiger partial charge in [0, 0.05) is 11.7 Å². The minimum Gasteiger partial charge on any atom is -0.360 e. The Balaban J connectivity index is 2.45. The van der Waals surface area contributed by atoms with Crippen LogP contribution in [0.2, 0.25) is 0 Å². The summed E-state index contributed by atoms with van der Waals surface area (Å²) in [5.74, 6) is 0.717. The molecule has 1 aromatic rings. The number of nitrogens with one attached hydrogen (secondary N) is 2. The molecule has 0 aliphatic heterocycles. The van der Waals surface area contributed by atoms with Gasteiger partial charge >= 0.3 is 0 Å². The third-order valence-corrected chi connectivity index (χ3v) is 4.39. The molecule has 0 fully saturated rings. The molecule has 1 aromatic carbocycles. The number of rotatable bonds is 7. The Morgan fingerprint density at radius 2 is 1.77 bits per heavy atom. The summed E-state index contributed by atoms with van der Waals surface area (Å²) in [6.07, 6.45) is 3.43. The monoisotopic (exact) mass is 343 g/mol. The van der Waals surface area contributed by atoms with Gasteiger partial charge in [0.25, 0.3) is 0 Å². The van der Waals surface area contributed by atoms with Gasteiger partial charge < -0.3 is 10.6 Å². The zero-order valence-electron chi connectivity index (χ0n) is 13.3. The van der Waals surface area contributed by atoms with Gasteiger partial charge in [-0.05, 0) is 55.7 Å². The van der Waals surface area contributed by atoms with Crippen molar-refractivity contribution in [2.45, 2.75) is 51.0 Å². The molecule has 0 radical (unpaired) electrons. The molecular formula is C15H25N3O2S2. The fourth-order valence-corrected chi connectivity index (χ4v) is 2.86. The molecule has 0 bridgehead atoms. The summed E-state index contributed by atoms with van der Waals surface area (Å²) in [6.45, 7) is 6.53. The normalized spacial score (nSPS) is 13.0. The van der Waals surface area contributed by atoms with E-state index in [0.29, 0.717) is 11.2 Å². The first-order valence-electron chi connectivity index (χ1n) is 7.39. The molecule has 0 aliphatic rings. The molecule has 7 heteroatoms. The molecule has 0 spiro atoms. The SMILES string of the molecule is CC(C)CCC[C@H](C)NC(=S)Nc1ccc(S(N)(=O)=O)cc1. The van der Waals surface area contributed by atoms with E-state index in [1.165, 1.54) is 18.6 Å². The molecule has 0 saturated carbocycles. The molecular weight excluding hydrogens is 318 g/mol. The van der Waals surface area contributed by atoms with Gasteiger partial charge in [-0.2, -0.15) is 0 Å². The number of nitrogens with two attached hydrogens (primary N) is 1. The van der Waals surface area contributed by atoms with Crippen LogP contribution in [0.15, 0.2) is 29.2 Å². The van der Waals surface area contributed by atoms with Crippen LogP contribution in [0.25, 0.3) is 0 Å². The third-order valence-electron chi connectivity index (χ3n) is 3.24. The molecule has 5 nitrogen and oxygen atoms in total. The molecule has 0 aliphatic carbocycles. The first-order chi connectivity index (χ1) is 10.2. The van der Waals surface area contributed by atoms with Crippen LogP contribution in [-0.2, 0) is 10.0 Å². The van der Waals surface area contributed by atoms with Gasteiger partial charge in [-0.1, -0.05) is 26.7 Å². The smallest absolute Gasteiger partial charge is 0.238 e. The largest absolute Gasteiger partial charge is 0.360 e. The number of primary sulfonamides is 1. The molecule has 1 rings (SSSR count). The Morgan fingerprint density at radius 1 is 1.18 bits per heavy atom. The maximum absolute atomic E-state index is 11.2. The second kappa shape index (κ2) is 8.45. The highest BCUT2D eigenvalue weighted by molar-refractivity contribution is 7.89. The van der Waals surface area contributed by atoms with Crippen molar-refractivity contribution in [2.75, 3.05) is 5.32 Å². The van der Waals surface area contributed by atoms with Crippen molar-refractivity contribution in [2.24, 2.45) is 11.1 Å². The second-order valence-electron chi connectivity index (χ2n) is 5.89. The van der Waals surface area contributed by atoms with E-state index in [0.717, 1.165) is 24.4 Å². The van der Waals surface area contributed by atoms with Crippen LogP contribution >= 0.6 is 12.2 Å². The summed E-state index contributed by atoms with van der Waals surface area (Å²) >= 11 is 5.26. The van der Waals surface area contributed by atoms with Gasteiger partial charge in [-0.25, -0.2) is 13.6 Å². The van der Waals surface area contributed by atoms with Gasteiger partial charge in [0.1, 0.15) is 0 Å². The zero-order chi connectivity index (χ0) is 16.8. The number of benzene rings is 1. The van der Waals surface area contributed by atoms with Crippen LogP contribution in [0.5, 0.6) is 0 Å². The number of sulfonamides is 1. The van der Waals surface area contributed by atoms with Gasteiger partial charge in [-0.15, -0.1) is 0 Å². The van der Waals surface area contributed by atoms with Gasteiger partial charge in [-0.3, -0.25) is 0 Å². The Morgan fingerprint density at radius 3 is 2.27 bits per heavy atom. The topological polar surface area (TPSA) is 84.2 Å². The summed E-state index contributed by atoms with van der Waals surface area (Å²) in [7, 11) is -3.66. The Hall–Kier alpha value is -1.18. The van der Waals surface area contributed by atoms with Crippen molar-refractivity contribution in [1.82, 2.24) is 5.32 Å². The second-order valence-corrected chi connectivity index (χ2v) is 7.86. The van der Waals surface area contributed by atoms with Gasteiger partial charge in [0.05, 0.1) is 4.90 Å². The molecule has 0 unspecified atom stereocenters. The lowest BCUT2D eigenvalue weighted by atomic mass is 10.0. The fourth-order valence-electron chi connectivity index (χ4n) is 2.02. The number of hydrogen-bond donors (Lipinski definition) is 3. The Kier molecular flexibility index (Phi) is 7.25. The van der Waals surface area contributed by atoms with Crippen LogP contribution in [-0.4, -0.2) is 19.6 Å². The highest BCUT2D eigenvalue weighted by Gasteiger charge is 2.08. The molecule has 124 valence electrons. The van der Waals surface area contributed by atoms with E-state index < -0.39 is 10.0 Å². The van der Waals surface area contributed by atoms with Crippen LogP contribution in [0.3, 0.4) is 0 Å². The highest BCUT2D eigenvalue weighted by Crippen LogP contribution is 2.13. The standard InChI is InChI=1S/C15H25N3O2S2/c1-11(2)5-4-6-12(3)17-15(21)18-13-7-9-14(10-8-13)22(16,19)20/h7-12H,4-6H2,1-3H3,(H2,16,19,20)(H2,17,18,21)/t12-/m0/s1. The van der Waals surface area contributed by atoms with E-state index in [1.54, 1.807) is 12.1 Å². The minimum absolute atomic E-state index is 0.0824. The maximum atomic E-state index is 11.2. The van der Waals surface area contributed by atoms with E-state index in [2.05, 4.69) is 31.4 Å². The van der Waals surface area contributed by atoms with Crippen LogP contribution < -0.4 is 15.8 Å². The van der Waals surface area contributed by atoms with Crippen molar-refractivity contribution < 1.29 is 8.42 Å². The van der Waals surface area contributed by atoms with Crippen molar-refractivity contribution in [1.29, 1.82) is 0 Å². The van der Waals surface area contributed by atoms with E-state index >= 15 is 0 Å². The van der Waals surface area contributed by atoms with Gasteiger partial charge in [0.15, 0.2) is 5.11 Å². The number of anilines is 1. The van der Waals surface area contributed by atoms with Crippen molar-refractivity contribution in [3.8, 4) is 0 Å². The molecule has 0 heterocycles. The maximum Gasteiger partial charge on any atom is 0.238 e. The average molecular weight is 344 g/mol. The summed E-state index contributed by atoms with van der Waals surface area (Å²) < 4.78 is 22.4. The molecule has 1 atom stereocenters. The van der Waals surface area contributed by atoms with Crippen LogP contribution in [0.4, 0.5) is 5.69 Å². The lowest BCUT2D eigenvalue weighted by Gasteiger charge is -2.17. The lowest BCUT2D eigenvalue weighted by Crippen LogP contribution is -2.35. The summed E-state index contributed by atoms with van der Waals surface area (Å²) in [5, 5.41) is 11.8. The molecule has 4 N–H and O–H groups in total. The van der Waals surface area contributed by atoms with E-state index in [9.17, 15) is 8.42 Å². The van der Waals surface area contributed by atoms with Crippen LogP contribution in [0, 0.1) is 5.92 Å². The van der Waals surface area contributed by atoms with Crippen LogP contribution in [0.1, 0.15) is 40.0 Å². The first kappa shape index (κ1) is 18.9. The van der Waals surface area contributed by atoms with Crippen molar-refractivity contribution >= 4 is 33.0 Å². The Bertz CT molecular complexity index is 583. The molecule has 0 saturated heterocycles. The molecule has 0 aromatic heterocycles. The van der Waals surface area contributed by atoms with E-state index in [1.807, 2.05) is 0 Å². The summed E-state index contributed by atoms with van der Waals surface area (Å²) in [6, 6.07) is 6.47. The van der Waals surface area contributed by atoms with Gasteiger partial charge in [0.2, 0.25) is 10.0 Å². The molecule has 22 heavy (non-hydrogen) atoms. The third kappa shape index (κ3) is 7.20. The summed E-state index contributed by atoms with van der Waals surface area (Å²) in [4.78, 5) is 0.0824. The number of thiocarbonyl (C=S) groups is 1. The van der Waals surface area contributed by atoms with Crippen molar-refractivity contribution in [3.63, 3.8) is 0 Å². The summed E-state index contributed by atoms with van der Waals surface area (Å²) in [5.41, 5.74) is 0.722. The number of hydrogen-bond acceptors (Lipinski definition) is 3. The predicted molar refractivity (Wildman–Crippen MR) is 95.3 cm³/mol. The Labute approximate surface area is 138 Å². The van der Waals surface area contributed by atoms with E-state index in [-0.39, 0.29) is 4.90 Å². The zero-order valence-corrected chi connectivity index (χ0v) is 14.9. The highest BCUT2D eigenvalue weighted by atomic mass is 32.2. The first-order valence-corrected chi connectivity index (χ1v) is 9.34. The minimum atomic E-state index is -3.66. The van der Waals surface area contributed by atoms with Crippen molar-refractivity contribution in [3.05, 3.63) is 24.3 Å².